The molecule has 2 heterocycles. The lowest BCUT2D eigenvalue weighted by Crippen LogP contribution is -2.40. The SMILES string of the molecule is NC(=N[C@@H](Cc1c[nH]c2ccccc12)C(=O)Nc1ccc2ccccc2c1)NC(=O)c1nc(Cl)c(N)nc1N. The molecule has 3 aromatic carbocycles. The summed E-state index contributed by atoms with van der Waals surface area (Å²) in [6.07, 6.45) is 2.02. The number of aromatic nitrogens is 3. The van der Waals surface area contributed by atoms with Gasteiger partial charge in [0.2, 0.25) is 5.91 Å². The molecule has 5 aromatic rings. The minimum Gasteiger partial charge on any atom is -0.382 e. The van der Waals surface area contributed by atoms with Gasteiger partial charge in [0.15, 0.2) is 28.4 Å². The van der Waals surface area contributed by atoms with Crippen LogP contribution in [0.25, 0.3) is 21.7 Å². The fourth-order valence-electron chi connectivity index (χ4n) is 4.18. The van der Waals surface area contributed by atoms with Gasteiger partial charge in [-0.05, 0) is 34.5 Å². The molecule has 12 heteroatoms. The quantitative estimate of drug-likeness (QED) is 0.140. The number of benzene rings is 3. The van der Waals surface area contributed by atoms with Gasteiger partial charge in [0.05, 0.1) is 0 Å². The van der Waals surface area contributed by atoms with Crippen LogP contribution in [0.3, 0.4) is 0 Å². The fourth-order valence-corrected chi connectivity index (χ4v) is 4.31. The lowest BCUT2D eigenvalue weighted by molar-refractivity contribution is -0.117. The third-order valence-corrected chi connectivity index (χ3v) is 6.34. The Hall–Kier alpha value is -5.16. The molecule has 0 saturated heterocycles. The summed E-state index contributed by atoms with van der Waals surface area (Å²) in [7, 11) is 0. The highest BCUT2D eigenvalue weighted by atomic mass is 35.5. The van der Waals surface area contributed by atoms with E-state index in [-0.39, 0.29) is 34.9 Å². The summed E-state index contributed by atoms with van der Waals surface area (Å²) in [5, 5.41) is 8.08. The molecule has 0 saturated carbocycles. The number of anilines is 3. The van der Waals surface area contributed by atoms with Crippen molar-refractivity contribution >= 4 is 68.4 Å². The maximum absolute atomic E-state index is 13.5. The molecule has 0 fully saturated rings. The Labute approximate surface area is 227 Å². The van der Waals surface area contributed by atoms with Crippen molar-refractivity contribution in [3.63, 3.8) is 0 Å². The molecule has 0 aliphatic rings. The molecule has 0 bridgehead atoms. The molecule has 1 atom stereocenters. The Bertz CT molecular complexity index is 1750. The van der Waals surface area contributed by atoms with Gasteiger partial charge in [-0.25, -0.2) is 15.0 Å². The number of hydrogen-bond donors (Lipinski definition) is 6. The topological polar surface area (TPSA) is 190 Å². The van der Waals surface area contributed by atoms with Gasteiger partial charge in [0.25, 0.3) is 5.91 Å². The highest BCUT2D eigenvalue weighted by Gasteiger charge is 2.23. The third kappa shape index (κ3) is 5.58. The number of para-hydroxylation sites is 1. The van der Waals surface area contributed by atoms with Crippen molar-refractivity contribution in [1.29, 1.82) is 0 Å². The summed E-state index contributed by atoms with van der Waals surface area (Å²) in [4.78, 5) is 41.4. The van der Waals surface area contributed by atoms with E-state index in [4.69, 9.17) is 28.8 Å². The molecule has 0 aliphatic carbocycles. The summed E-state index contributed by atoms with van der Waals surface area (Å²) in [5.74, 6) is -1.87. The van der Waals surface area contributed by atoms with Crippen LogP contribution in [0.15, 0.2) is 77.9 Å². The van der Waals surface area contributed by atoms with Crippen LogP contribution in [0, 0.1) is 0 Å². The maximum Gasteiger partial charge on any atom is 0.280 e. The number of nitrogen functional groups attached to an aromatic ring is 2. The lowest BCUT2D eigenvalue weighted by atomic mass is 10.0. The van der Waals surface area contributed by atoms with Crippen LogP contribution in [-0.2, 0) is 11.2 Å². The van der Waals surface area contributed by atoms with E-state index in [2.05, 4.69) is 30.6 Å². The highest BCUT2D eigenvalue weighted by Crippen LogP contribution is 2.22. The van der Waals surface area contributed by atoms with Crippen molar-refractivity contribution in [3.05, 3.63) is 89.3 Å². The number of H-pyrrole nitrogens is 1. The number of rotatable bonds is 6. The van der Waals surface area contributed by atoms with Crippen molar-refractivity contribution in [2.45, 2.75) is 12.5 Å². The van der Waals surface area contributed by atoms with E-state index in [0.29, 0.717) is 5.69 Å². The number of guanidine groups is 1. The Morgan fingerprint density at radius 1 is 0.974 bits per heavy atom. The smallest absolute Gasteiger partial charge is 0.280 e. The predicted molar refractivity (Wildman–Crippen MR) is 153 cm³/mol. The Balaban J connectivity index is 1.42. The number of hydrogen-bond acceptors (Lipinski definition) is 7. The first-order valence-corrected chi connectivity index (χ1v) is 12.2. The van der Waals surface area contributed by atoms with E-state index in [1.54, 1.807) is 0 Å². The summed E-state index contributed by atoms with van der Waals surface area (Å²) >= 11 is 5.88. The van der Waals surface area contributed by atoms with E-state index in [1.165, 1.54) is 0 Å². The second-order valence-corrected chi connectivity index (χ2v) is 9.09. The number of nitrogens with zero attached hydrogens (tertiary/aromatic N) is 3. The monoisotopic (exact) mass is 541 g/mol. The Kier molecular flexibility index (Phi) is 6.98. The number of nitrogens with one attached hydrogen (secondary N) is 3. The van der Waals surface area contributed by atoms with Gasteiger partial charge >= 0.3 is 0 Å². The van der Waals surface area contributed by atoms with E-state index in [1.807, 2.05) is 72.9 Å². The molecule has 11 nitrogen and oxygen atoms in total. The van der Waals surface area contributed by atoms with Crippen LogP contribution < -0.4 is 27.8 Å². The van der Waals surface area contributed by atoms with Crippen molar-refractivity contribution in [2.24, 2.45) is 10.7 Å². The zero-order valence-electron chi connectivity index (χ0n) is 20.5. The van der Waals surface area contributed by atoms with Crippen LogP contribution >= 0.6 is 11.6 Å². The fraction of sp³-hybridized carbons (Fsp3) is 0.0741. The van der Waals surface area contributed by atoms with Crippen molar-refractivity contribution in [3.8, 4) is 0 Å². The number of carbonyl (C=O) groups excluding carboxylic acids is 2. The van der Waals surface area contributed by atoms with Gasteiger partial charge in [-0.15, -0.1) is 0 Å². The maximum atomic E-state index is 13.5. The van der Waals surface area contributed by atoms with Crippen LogP contribution in [0.4, 0.5) is 17.3 Å². The molecule has 0 radical (unpaired) electrons. The standard InChI is InChI=1S/C27H24ClN9O2/c28-22-24(30)36-23(29)21(35-22)26(39)37-27(31)34-20(12-16-13-32-19-8-4-3-7-18(16)19)25(38)33-17-10-9-14-5-1-2-6-15(14)11-17/h1-11,13,20,32H,12H2,(H,33,38)(H4,29,30,36)(H3,31,34,37,39)/t20-/m0/s1. The van der Waals surface area contributed by atoms with Crippen molar-refractivity contribution in [2.75, 3.05) is 16.8 Å². The molecule has 9 N–H and O–H groups in total. The zero-order valence-corrected chi connectivity index (χ0v) is 21.2. The van der Waals surface area contributed by atoms with Gasteiger partial charge in [-0.3, -0.25) is 14.9 Å². The number of aliphatic imine (C=N–C) groups is 1. The average molecular weight is 542 g/mol. The van der Waals surface area contributed by atoms with Gasteiger partial charge in [-0.1, -0.05) is 60.1 Å². The number of fused-ring (bicyclic) bond motifs is 2. The minimum absolute atomic E-state index is 0.114. The summed E-state index contributed by atoms with van der Waals surface area (Å²) in [5.41, 5.74) is 19.5. The number of aromatic amines is 1. The first-order chi connectivity index (χ1) is 18.8. The molecular formula is C27H24ClN9O2. The average Bonchev–Trinajstić information content (AvgIpc) is 3.33. The predicted octanol–water partition coefficient (Wildman–Crippen LogP) is 3.22. The van der Waals surface area contributed by atoms with Crippen molar-refractivity contribution < 1.29 is 9.59 Å². The summed E-state index contributed by atoms with van der Waals surface area (Å²) < 4.78 is 0. The molecule has 0 aliphatic heterocycles. The molecule has 196 valence electrons. The largest absolute Gasteiger partial charge is 0.382 e. The van der Waals surface area contributed by atoms with E-state index in [9.17, 15) is 9.59 Å². The van der Waals surface area contributed by atoms with E-state index >= 15 is 0 Å². The second-order valence-electron chi connectivity index (χ2n) is 8.73. The third-order valence-electron chi connectivity index (χ3n) is 6.06. The molecule has 2 amide bonds. The van der Waals surface area contributed by atoms with Crippen molar-refractivity contribution in [1.82, 2.24) is 20.3 Å². The summed E-state index contributed by atoms with van der Waals surface area (Å²) in [6, 6.07) is 20.1. The lowest BCUT2D eigenvalue weighted by Gasteiger charge is -2.15. The van der Waals surface area contributed by atoms with Gasteiger partial charge in [0, 0.05) is 29.2 Å². The molecule has 0 unspecified atom stereocenters. The van der Waals surface area contributed by atoms with Crippen LogP contribution in [-0.4, -0.2) is 38.8 Å². The number of halogens is 1. The Morgan fingerprint density at radius 3 is 2.54 bits per heavy atom. The number of carbonyl (C=O) groups is 2. The molecule has 39 heavy (non-hydrogen) atoms. The zero-order chi connectivity index (χ0) is 27.5. The highest BCUT2D eigenvalue weighted by molar-refractivity contribution is 6.31. The normalized spacial score (nSPS) is 12.4. The second kappa shape index (κ2) is 10.7. The minimum atomic E-state index is -0.991. The van der Waals surface area contributed by atoms with Crippen LogP contribution in [0.1, 0.15) is 16.1 Å². The number of nitrogens with two attached hydrogens (primary N) is 3. The van der Waals surface area contributed by atoms with E-state index in [0.717, 1.165) is 27.2 Å². The summed E-state index contributed by atoms with van der Waals surface area (Å²) in [6.45, 7) is 0. The molecule has 5 rings (SSSR count). The van der Waals surface area contributed by atoms with Gasteiger partial charge < -0.3 is 27.5 Å². The molecule has 0 spiro atoms. The molecular weight excluding hydrogens is 518 g/mol. The first-order valence-electron chi connectivity index (χ1n) is 11.9. The number of amides is 2. The Morgan fingerprint density at radius 2 is 1.72 bits per heavy atom. The van der Waals surface area contributed by atoms with E-state index < -0.39 is 17.9 Å². The van der Waals surface area contributed by atoms with Gasteiger partial charge in [-0.2, -0.15) is 0 Å². The first kappa shape index (κ1) is 25.5. The van der Waals surface area contributed by atoms with Crippen LogP contribution in [0.5, 0.6) is 0 Å². The van der Waals surface area contributed by atoms with Crippen LogP contribution in [0.2, 0.25) is 5.15 Å². The molecule has 2 aromatic heterocycles. The van der Waals surface area contributed by atoms with Gasteiger partial charge in [0.1, 0.15) is 6.04 Å².